The average molecular weight is 395 g/mol. The third kappa shape index (κ3) is 3.77. The van der Waals surface area contributed by atoms with Gasteiger partial charge in [-0.1, -0.05) is 65.3 Å². The van der Waals surface area contributed by atoms with Crippen LogP contribution in [-0.2, 0) is 0 Å². The van der Waals surface area contributed by atoms with E-state index in [4.69, 9.17) is 16.1 Å². The molecule has 0 saturated carbocycles. The summed E-state index contributed by atoms with van der Waals surface area (Å²) in [6.45, 7) is 1.89. The summed E-state index contributed by atoms with van der Waals surface area (Å²) in [6.07, 6.45) is 1.67. The Morgan fingerprint density at radius 3 is 2.70 bits per heavy atom. The fraction of sp³-hybridized carbons (Fsp3) is 0.0500. The maximum absolute atomic E-state index is 6.12. The predicted molar refractivity (Wildman–Crippen MR) is 110 cm³/mol. The average Bonchev–Trinajstić information content (AvgIpc) is 3.30. The maximum Gasteiger partial charge on any atom is 0.203 e. The van der Waals surface area contributed by atoms with Gasteiger partial charge in [-0.3, -0.25) is 5.43 Å². The van der Waals surface area contributed by atoms with E-state index in [1.54, 1.807) is 6.21 Å². The lowest BCUT2D eigenvalue weighted by molar-refractivity contribution is 0.400. The highest BCUT2D eigenvalue weighted by atomic mass is 35.5. The minimum absolute atomic E-state index is 0.649. The smallest absolute Gasteiger partial charge is 0.203 e. The number of rotatable bonds is 5. The van der Waals surface area contributed by atoms with Gasteiger partial charge in [-0.25, -0.2) is 4.98 Å². The zero-order valence-corrected chi connectivity index (χ0v) is 16.0. The summed E-state index contributed by atoms with van der Waals surface area (Å²) in [4.78, 5) is 4.61. The van der Waals surface area contributed by atoms with Crippen molar-refractivity contribution in [1.29, 1.82) is 0 Å². The third-order valence-electron chi connectivity index (χ3n) is 3.94. The summed E-state index contributed by atoms with van der Waals surface area (Å²) in [7, 11) is 0. The van der Waals surface area contributed by atoms with Gasteiger partial charge < -0.3 is 4.52 Å². The van der Waals surface area contributed by atoms with Gasteiger partial charge in [-0.05, 0) is 13.0 Å². The zero-order valence-electron chi connectivity index (χ0n) is 14.4. The van der Waals surface area contributed by atoms with Crippen molar-refractivity contribution in [3.63, 3.8) is 0 Å². The number of hydrogen-bond donors (Lipinski definition) is 1. The molecular formula is C20H15ClN4OS. The number of halogens is 1. The van der Waals surface area contributed by atoms with E-state index in [2.05, 4.69) is 20.7 Å². The highest BCUT2D eigenvalue weighted by molar-refractivity contribution is 7.14. The summed E-state index contributed by atoms with van der Waals surface area (Å²) >= 11 is 7.58. The topological polar surface area (TPSA) is 63.3 Å². The second kappa shape index (κ2) is 7.73. The van der Waals surface area contributed by atoms with E-state index < -0.39 is 0 Å². The Kier molecular flexibility index (Phi) is 5.00. The first-order valence-electron chi connectivity index (χ1n) is 8.23. The molecule has 2 aromatic carbocycles. The number of benzene rings is 2. The van der Waals surface area contributed by atoms with E-state index in [9.17, 15) is 0 Å². The Bertz CT molecular complexity index is 1090. The molecule has 4 aromatic rings. The largest absolute Gasteiger partial charge is 0.360 e. The molecule has 0 fully saturated rings. The van der Waals surface area contributed by atoms with Crippen molar-refractivity contribution >= 4 is 34.3 Å². The number of aromatic nitrogens is 2. The van der Waals surface area contributed by atoms with E-state index in [0.717, 1.165) is 33.8 Å². The summed E-state index contributed by atoms with van der Waals surface area (Å²) < 4.78 is 5.42. The van der Waals surface area contributed by atoms with Crippen LogP contribution in [-0.4, -0.2) is 16.4 Å². The molecule has 0 aliphatic rings. The van der Waals surface area contributed by atoms with Crippen LogP contribution in [0.25, 0.3) is 22.5 Å². The van der Waals surface area contributed by atoms with Crippen molar-refractivity contribution in [2.24, 2.45) is 5.10 Å². The molecule has 5 nitrogen and oxygen atoms in total. The number of hydrazone groups is 1. The quantitative estimate of drug-likeness (QED) is 0.339. The van der Waals surface area contributed by atoms with Crippen molar-refractivity contribution in [3.05, 3.63) is 76.3 Å². The molecular weight excluding hydrogens is 380 g/mol. The number of nitrogens with zero attached hydrogens (tertiary/aromatic N) is 3. The van der Waals surface area contributed by atoms with Crippen LogP contribution in [0.2, 0.25) is 5.02 Å². The number of hydrogen-bond acceptors (Lipinski definition) is 6. The molecule has 1 N–H and O–H groups in total. The lowest BCUT2D eigenvalue weighted by Gasteiger charge is -1.99. The molecule has 0 amide bonds. The highest BCUT2D eigenvalue weighted by Crippen LogP contribution is 2.35. The first kappa shape index (κ1) is 17.5. The molecule has 2 heterocycles. The molecule has 0 aliphatic heterocycles. The molecule has 0 aliphatic carbocycles. The Balaban J connectivity index is 1.57. The molecule has 134 valence electrons. The van der Waals surface area contributed by atoms with Crippen molar-refractivity contribution in [1.82, 2.24) is 10.1 Å². The van der Waals surface area contributed by atoms with Gasteiger partial charge in [-0.15, -0.1) is 11.3 Å². The van der Waals surface area contributed by atoms with Gasteiger partial charge in [0.15, 0.2) is 0 Å². The molecule has 0 unspecified atom stereocenters. The van der Waals surface area contributed by atoms with Gasteiger partial charge >= 0.3 is 0 Å². The molecule has 0 bridgehead atoms. The van der Waals surface area contributed by atoms with E-state index in [1.165, 1.54) is 11.3 Å². The van der Waals surface area contributed by atoms with E-state index in [-0.39, 0.29) is 0 Å². The van der Waals surface area contributed by atoms with Gasteiger partial charge in [0.25, 0.3) is 0 Å². The van der Waals surface area contributed by atoms with Crippen molar-refractivity contribution in [2.45, 2.75) is 6.92 Å². The number of aryl methyl sites for hydroxylation is 1. The SMILES string of the molecule is Cc1onc(-c2ccccc2)c1-c1csc(N/N=C/c2ccccc2Cl)n1. The fourth-order valence-corrected chi connectivity index (χ4v) is 3.48. The van der Waals surface area contributed by atoms with Crippen LogP contribution in [0.1, 0.15) is 11.3 Å². The van der Waals surface area contributed by atoms with Crippen LogP contribution in [0.5, 0.6) is 0 Å². The summed E-state index contributed by atoms with van der Waals surface area (Å²) in [6, 6.07) is 17.4. The second-order valence-corrected chi connectivity index (χ2v) is 7.02. The Morgan fingerprint density at radius 1 is 1.11 bits per heavy atom. The lowest BCUT2D eigenvalue weighted by atomic mass is 10.0. The Hall–Kier alpha value is -2.96. The summed E-state index contributed by atoms with van der Waals surface area (Å²) in [5.41, 5.74) is 7.25. The molecule has 2 aromatic heterocycles. The molecule has 4 rings (SSSR count). The van der Waals surface area contributed by atoms with Crippen LogP contribution in [0, 0.1) is 6.92 Å². The minimum atomic E-state index is 0.649. The standard InChI is InChI=1S/C20H15ClN4OS/c1-13-18(19(25-26-13)14-7-3-2-4-8-14)17-12-27-20(23-17)24-22-11-15-9-5-6-10-16(15)21/h2-12H,1H3,(H,23,24)/b22-11+. The van der Waals surface area contributed by atoms with Gasteiger partial charge in [-0.2, -0.15) is 5.10 Å². The highest BCUT2D eigenvalue weighted by Gasteiger charge is 2.18. The van der Waals surface area contributed by atoms with Crippen LogP contribution in [0.3, 0.4) is 0 Å². The van der Waals surface area contributed by atoms with Crippen molar-refractivity contribution in [2.75, 3.05) is 5.43 Å². The predicted octanol–water partition coefficient (Wildman–Crippen LogP) is 5.87. The second-order valence-electron chi connectivity index (χ2n) is 5.76. The first-order valence-corrected chi connectivity index (χ1v) is 9.49. The van der Waals surface area contributed by atoms with Crippen LogP contribution in [0.15, 0.2) is 69.6 Å². The number of anilines is 1. The summed E-state index contributed by atoms with van der Waals surface area (Å²) in [5.74, 6) is 0.727. The van der Waals surface area contributed by atoms with Gasteiger partial charge in [0.1, 0.15) is 11.5 Å². The maximum atomic E-state index is 6.12. The van der Waals surface area contributed by atoms with Crippen LogP contribution in [0.4, 0.5) is 5.13 Å². The van der Waals surface area contributed by atoms with E-state index in [1.807, 2.05) is 66.9 Å². The lowest BCUT2D eigenvalue weighted by Crippen LogP contribution is -1.91. The van der Waals surface area contributed by atoms with E-state index in [0.29, 0.717) is 10.2 Å². The van der Waals surface area contributed by atoms with Crippen LogP contribution < -0.4 is 5.43 Å². The number of thiazole rings is 1. The Morgan fingerprint density at radius 2 is 1.89 bits per heavy atom. The van der Waals surface area contributed by atoms with Gasteiger partial charge in [0, 0.05) is 21.5 Å². The van der Waals surface area contributed by atoms with Crippen LogP contribution >= 0.6 is 22.9 Å². The zero-order chi connectivity index (χ0) is 18.6. The summed E-state index contributed by atoms with van der Waals surface area (Å²) in [5, 5.41) is 11.7. The third-order valence-corrected chi connectivity index (χ3v) is 5.03. The minimum Gasteiger partial charge on any atom is -0.360 e. The molecule has 0 saturated heterocycles. The molecule has 0 spiro atoms. The molecule has 7 heteroatoms. The monoisotopic (exact) mass is 394 g/mol. The normalized spacial score (nSPS) is 11.2. The van der Waals surface area contributed by atoms with E-state index >= 15 is 0 Å². The Labute approximate surface area is 165 Å². The fourth-order valence-electron chi connectivity index (χ4n) is 2.64. The van der Waals surface area contributed by atoms with Gasteiger partial charge in [0.05, 0.1) is 17.5 Å². The van der Waals surface area contributed by atoms with Gasteiger partial charge in [0.2, 0.25) is 5.13 Å². The first-order chi connectivity index (χ1) is 13.2. The molecule has 27 heavy (non-hydrogen) atoms. The van der Waals surface area contributed by atoms with Crippen molar-refractivity contribution < 1.29 is 4.52 Å². The van der Waals surface area contributed by atoms with Crippen molar-refractivity contribution in [3.8, 4) is 22.5 Å². The molecule has 0 radical (unpaired) electrons. The number of nitrogens with one attached hydrogen (secondary N) is 1. The molecule has 0 atom stereocenters.